The first-order valence-electron chi connectivity index (χ1n) is 9.69. The molecule has 0 aromatic carbocycles. The lowest BCUT2D eigenvalue weighted by Crippen LogP contribution is -2.32. The molecule has 0 aromatic heterocycles. The molecule has 9 fully saturated rings. The van der Waals surface area contributed by atoms with Crippen LogP contribution in [0.5, 0.6) is 0 Å². The van der Waals surface area contributed by atoms with Gasteiger partial charge in [-0.1, -0.05) is 0 Å². The average Bonchev–Trinajstić information content (AvgIpc) is 3.26. The molecule has 9 atom stereocenters. The first-order valence-corrected chi connectivity index (χ1v) is 9.69. The highest BCUT2D eigenvalue weighted by Crippen LogP contribution is 2.92. The Morgan fingerprint density at radius 3 is 1.86 bits per heavy atom. The standard InChI is InChI=1S/C19H22O3/c20-18-14-6-7-11-13-9(15(7)18)8(14)12-10(6)16(11)19(17(12)13)22-5-3-1-2-4-21-5/h5-17,19H,1-4H2. The van der Waals surface area contributed by atoms with Crippen LogP contribution < -0.4 is 0 Å². The normalized spacial score (nSPS) is 76.5. The molecule has 0 amide bonds. The van der Waals surface area contributed by atoms with Crippen LogP contribution in [0, 0.1) is 71.0 Å². The number of carbonyl (C=O) groups excluding carboxylic acids is 1. The first kappa shape index (κ1) is 11.2. The third-order valence-electron chi connectivity index (χ3n) is 9.85. The Morgan fingerprint density at radius 2 is 1.36 bits per heavy atom. The maximum atomic E-state index is 12.7. The number of rotatable bonds is 2. The number of hydrogen-bond donors (Lipinski definition) is 0. The van der Waals surface area contributed by atoms with Crippen molar-refractivity contribution in [2.45, 2.75) is 31.7 Å². The van der Waals surface area contributed by atoms with Crippen molar-refractivity contribution in [1.29, 1.82) is 0 Å². The Labute approximate surface area is 130 Å². The Kier molecular flexibility index (Phi) is 1.57. The van der Waals surface area contributed by atoms with Crippen molar-refractivity contribution < 1.29 is 14.3 Å². The van der Waals surface area contributed by atoms with Gasteiger partial charge in [-0.3, -0.25) is 4.79 Å². The molecule has 0 N–H and O–H groups in total. The van der Waals surface area contributed by atoms with E-state index < -0.39 is 0 Å². The Balaban J connectivity index is 1.23. The van der Waals surface area contributed by atoms with Crippen LogP contribution in [0.1, 0.15) is 19.3 Å². The largest absolute Gasteiger partial charge is 0.353 e. The summed E-state index contributed by atoms with van der Waals surface area (Å²) in [7, 11) is 0. The van der Waals surface area contributed by atoms with E-state index >= 15 is 0 Å². The molecule has 0 radical (unpaired) electrons. The summed E-state index contributed by atoms with van der Waals surface area (Å²) in [5, 5.41) is 0. The quantitative estimate of drug-likeness (QED) is 0.782. The van der Waals surface area contributed by atoms with E-state index in [9.17, 15) is 4.79 Å². The summed E-state index contributed by atoms with van der Waals surface area (Å²) in [6, 6.07) is 0. The average molecular weight is 298 g/mol. The number of Topliss-reactive ketones (excluding diaryl/α,β-unsaturated/α-hetero) is 1. The van der Waals surface area contributed by atoms with Crippen molar-refractivity contribution in [3.8, 4) is 0 Å². The van der Waals surface area contributed by atoms with E-state index in [2.05, 4.69) is 0 Å². The lowest BCUT2D eigenvalue weighted by molar-refractivity contribution is -0.199. The fourth-order valence-electron chi connectivity index (χ4n) is 10.3. The highest BCUT2D eigenvalue weighted by Gasteiger charge is 2.93. The molecule has 0 aromatic rings. The SMILES string of the molecule is O=C1C2C3C4C1C1C2C2C5C(OC6CCCCO6)C(C32)C4C51. The highest BCUT2D eigenvalue weighted by atomic mass is 16.7. The molecular weight excluding hydrogens is 276 g/mol. The lowest BCUT2D eigenvalue weighted by Gasteiger charge is -2.29. The zero-order chi connectivity index (χ0) is 13.9. The van der Waals surface area contributed by atoms with Gasteiger partial charge in [-0.25, -0.2) is 0 Å². The summed E-state index contributed by atoms with van der Waals surface area (Å²) in [4.78, 5) is 12.7. The van der Waals surface area contributed by atoms with Gasteiger partial charge in [0, 0.05) is 18.4 Å². The van der Waals surface area contributed by atoms with Crippen molar-refractivity contribution in [2.75, 3.05) is 6.61 Å². The van der Waals surface area contributed by atoms with Gasteiger partial charge in [-0.05, 0) is 78.4 Å². The van der Waals surface area contributed by atoms with E-state index in [-0.39, 0.29) is 6.29 Å². The Bertz CT molecular complexity index is 550. The van der Waals surface area contributed by atoms with Crippen LogP contribution in [-0.4, -0.2) is 24.8 Å². The van der Waals surface area contributed by atoms with Crippen molar-refractivity contribution >= 4 is 5.78 Å². The summed E-state index contributed by atoms with van der Waals surface area (Å²) < 4.78 is 12.5. The van der Waals surface area contributed by atoms with E-state index in [0.717, 1.165) is 78.0 Å². The van der Waals surface area contributed by atoms with Gasteiger partial charge in [-0.2, -0.15) is 0 Å². The van der Waals surface area contributed by atoms with Crippen LogP contribution in [0.15, 0.2) is 0 Å². The third-order valence-corrected chi connectivity index (χ3v) is 9.85. The summed E-state index contributed by atoms with van der Waals surface area (Å²) in [6.07, 6.45) is 4.16. The molecule has 4 bridgehead atoms. The summed E-state index contributed by atoms with van der Waals surface area (Å²) in [5.74, 6) is 10.1. The molecular formula is C19H22O3. The monoisotopic (exact) mass is 298 g/mol. The van der Waals surface area contributed by atoms with Crippen LogP contribution in [0.25, 0.3) is 0 Å². The third kappa shape index (κ3) is 0.807. The molecule has 1 saturated heterocycles. The van der Waals surface area contributed by atoms with Gasteiger partial charge < -0.3 is 9.47 Å². The molecule has 8 saturated carbocycles. The first-order chi connectivity index (χ1) is 10.9. The predicted molar refractivity (Wildman–Crippen MR) is 75.4 cm³/mol. The van der Waals surface area contributed by atoms with Gasteiger partial charge in [0.25, 0.3) is 0 Å². The number of hydrogen-bond acceptors (Lipinski definition) is 3. The van der Waals surface area contributed by atoms with Crippen LogP contribution in [0.4, 0.5) is 0 Å². The molecule has 3 nitrogen and oxygen atoms in total. The maximum absolute atomic E-state index is 12.7. The van der Waals surface area contributed by atoms with E-state index in [1.54, 1.807) is 0 Å². The smallest absolute Gasteiger partial charge is 0.157 e. The second-order valence-electron chi connectivity index (χ2n) is 9.62. The zero-order valence-corrected chi connectivity index (χ0v) is 12.6. The van der Waals surface area contributed by atoms with Crippen LogP contribution in [0.3, 0.4) is 0 Å². The van der Waals surface area contributed by atoms with Gasteiger partial charge in [0.15, 0.2) is 6.29 Å². The molecule has 8 aliphatic carbocycles. The van der Waals surface area contributed by atoms with Crippen molar-refractivity contribution in [3.63, 3.8) is 0 Å². The lowest BCUT2D eigenvalue weighted by atomic mass is 9.80. The minimum atomic E-state index is 0.0857. The van der Waals surface area contributed by atoms with Crippen LogP contribution >= 0.6 is 0 Å². The number of ether oxygens (including phenoxy) is 2. The molecule has 22 heavy (non-hydrogen) atoms. The number of carbonyl (C=O) groups is 1. The molecule has 116 valence electrons. The van der Waals surface area contributed by atoms with Crippen LogP contribution in [-0.2, 0) is 14.3 Å². The molecule has 0 spiro atoms. The minimum Gasteiger partial charge on any atom is -0.353 e. The van der Waals surface area contributed by atoms with Gasteiger partial charge in [0.2, 0.25) is 0 Å². The summed E-state index contributed by atoms with van der Waals surface area (Å²) in [6.45, 7) is 0.890. The van der Waals surface area contributed by atoms with Crippen molar-refractivity contribution in [3.05, 3.63) is 0 Å². The molecule has 9 aliphatic rings. The Hall–Kier alpha value is -0.410. The van der Waals surface area contributed by atoms with E-state index in [4.69, 9.17) is 9.47 Å². The second-order valence-corrected chi connectivity index (χ2v) is 9.62. The number of ketones is 1. The molecule has 1 heterocycles. The van der Waals surface area contributed by atoms with Gasteiger partial charge >= 0.3 is 0 Å². The molecule has 9 rings (SSSR count). The van der Waals surface area contributed by atoms with Crippen molar-refractivity contribution in [2.24, 2.45) is 71.0 Å². The Morgan fingerprint density at radius 1 is 0.773 bits per heavy atom. The molecule has 9 unspecified atom stereocenters. The maximum Gasteiger partial charge on any atom is 0.157 e. The topological polar surface area (TPSA) is 35.5 Å². The molecule has 1 aliphatic heterocycles. The van der Waals surface area contributed by atoms with E-state index in [1.165, 1.54) is 12.8 Å². The van der Waals surface area contributed by atoms with E-state index in [1.807, 2.05) is 0 Å². The van der Waals surface area contributed by atoms with E-state index in [0.29, 0.717) is 17.9 Å². The fourth-order valence-corrected chi connectivity index (χ4v) is 10.3. The fraction of sp³-hybridized carbons (Fsp3) is 0.947. The van der Waals surface area contributed by atoms with Gasteiger partial charge in [0.05, 0.1) is 6.10 Å². The zero-order valence-electron chi connectivity index (χ0n) is 12.6. The summed E-state index contributed by atoms with van der Waals surface area (Å²) >= 11 is 0. The predicted octanol–water partition coefficient (Wildman–Crippen LogP) is 1.96. The van der Waals surface area contributed by atoms with Gasteiger partial charge in [0.1, 0.15) is 5.78 Å². The highest BCUT2D eigenvalue weighted by molar-refractivity contribution is 5.92. The van der Waals surface area contributed by atoms with Crippen LogP contribution in [0.2, 0.25) is 0 Å². The second kappa shape index (κ2) is 3.09. The molecule has 3 heteroatoms. The van der Waals surface area contributed by atoms with Crippen molar-refractivity contribution in [1.82, 2.24) is 0 Å². The summed E-state index contributed by atoms with van der Waals surface area (Å²) in [5.41, 5.74) is 0. The van der Waals surface area contributed by atoms with Gasteiger partial charge in [-0.15, -0.1) is 0 Å². The minimum absolute atomic E-state index is 0.0857.